The zero-order valence-electron chi connectivity index (χ0n) is 17.5. The molecule has 4 aromatic rings. The van der Waals surface area contributed by atoms with Crippen LogP contribution in [0.4, 0.5) is 10.3 Å². The molecule has 0 atom stereocenters. The second-order valence-corrected chi connectivity index (χ2v) is 9.78. The lowest BCUT2D eigenvalue weighted by Gasteiger charge is -2.24. The van der Waals surface area contributed by atoms with Crippen molar-refractivity contribution in [2.45, 2.75) is 26.8 Å². The molecule has 0 fully saturated rings. The molecule has 0 spiro atoms. The Morgan fingerprint density at radius 1 is 1.12 bits per heavy atom. The Kier molecular flexibility index (Phi) is 5.45. The third-order valence-corrected chi connectivity index (χ3v) is 6.98. The van der Waals surface area contributed by atoms with E-state index in [0.29, 0.717) is 22.6 Å². The minimum absolute atomic E-state index is 0.0938. The highest BCUT2D eigenvalue weighted by Gasteiger charge is 2.24. The molecule has 2 amide bonds. The molecule has 164 valence electrons. The first kappa shape index (κ1) is 20.7. The van der Waals surface area contributed by atoms with E-state index in [1.807, 2.05) is 19.1 Å². The standard InChI is InChI=1S/C21H20N6O3S2/c1-11-3-4-13-16(7-11)31-20(22-13)24-18(28)10-27-6-5-14-17(9-27)32-21(23-14)25-19(29)15-8-12(2)30-26-15/h3-4,7-8H,5-6,9-10H2,1-2H3,(H,22,24,28)(H,23,25,29). The Hall–Kier alpha value is -3.15. The number of thiazole rings is 2. The highest BCUT2D eigenvalue weighted by atomic mass is 32.1. The van der Waals surface area contributed by atoms with Gasteiger partial charge in [-0.25, -0.2) is 9.97 Å². The van der Waals surface area contributed by atoms with Gasteiger partial charge >= 0.3 is 0 Å². The third-order valence-electron chi connectivity index (χ3n) is 5.05. The fraction of sp³-hybridized carbons (Fsp3) is 0.286. The van der Waals surface area contributed by atoms with Crippen LogP contribution in [-0.2, 0) is 17.8 Å². The molecule has 3 aromatic heterocycles. The number of aromatic nitrogens is 3. The lowest BCUT2D eigenvalue weighted by Crippen LogP contribution is -2.36. The van der Waals surface area contributed by atoms with Crippen LogP contribution in [0.1, 0.15) is 32.4 Å². The smallest absolute Gasteiger partial charge is 0.279 e. The molecule has 1 aliphatic heterocycles. The highest BCUT2D eigenvalue weighted by Crippen LogP contribution is 2.29. The van der Waals surface area contributed by atoms with Crippen LogP contribution in [-0.4, -0.2) is 44.9 Å². The van der Waals surface area contributed by atoms with Crippen LogP contribution < -0.4 is 10.6 Å². The monoisotopic (exact) mass is 468 g/mol. The zero-order chi connectivity index (χ0) is 22.2. The van der Waals surface area contributed by atoms with Gasteiger partial charge in [-0.1, -0.05) is 22.6 Å². The molecular weight excluding hydrogens is 448 g/mol. The summed E-state index contributed by atoms with van der Waals surface area (Å²) in [5.74, 6) is 0.127. The third kappa shape index (κ3) is 4.40. The zero-order valence-corrected chi connectivity index (χ0v) is 19.1. The quantitative estimate of drug-likeness (QED) is 0.460. The number of rotatable bonds is 5. The van der Waals surface area contributed by atoms with Gasteiger partial charge in [0.1, 0.15) is 5.76 Å². The van der Waals surface area contributed by atoms with Crippen molar-refractivity contribution in [1.82, 2.24) is 20.0 Å². The second-order valence-electron chi connectivity index (χ2n) is 7.66. The fourth-order valence-electron chi connectivity index (χ4n) is 3.52. The molecule has 4 heterocycles. The van der Waals surface area contributed by atoms with Crippen molar-refractivity contribution in [3.63, 3.8) is 0 Å². The van der Waals surface area contributed by atoms with Crippen LogP contribution in [0.25, 0.3) is 10.2 Å². The van der Waals surface area contributed by atoms with Crippen LogP contribution in [0.15, 0.2) is 28.8 Å². The number of nitrogens with zero attached hydrogens (tertiary/aromatic N) is 4. The Labute approximate surface area is 191 Å². The molecule has 0 saturated carbocycles. The van der Waals surface area contributed by atoms with Gasteiger partial charge in [-0.2, -0.15) is 0 Å². The summed E-state index contributed by atoms with van der Waals surface area (Å²) in [7, 11) is 0. The lowest BCUT2D eigenvalue weighted by atomic mass is 10.2. The minimum atomic E-state index is -0.352. The van der Waals surface area contributed by atoms with Crippen molar-refractivity contribution in [2.75, 3.05) is 23.7 Å². The molecule has 5 rings (SSSR count). The van der Waals surface area contributed by atoms with Gasteiger partial charge < -0.3 is 9.84 Å². The number of hydrogen-bond donors (Lipinski definition) is 2. The molecule has 0 radical (unpaired) electrons. The predicted molar refractivity (Wildman–Crippen MR) is 123 cm³/mol. The summed E-state index contributed by atoms with van der Waals surface area (Å²) in [6.07, 6.45) is 0.721. The number of carbonyl (C=O) groups is 2. The molecule has 1 aromatic carbocycles. The van der Waals surface area contributed by atoms with E-state index < -0.39 is 0 Å². The second kappa shape index (κ2) is 8.41. The van der Waals surface area contributed by atoms with Crippen molar-refractivity contribution < 1.29 is 14.1 Å². The van der Waals surface area contributed by atoms with Crippen molar-refractivity contribution in [2.24, 2.45) is 0 Å². The Morgan fingerprint density at radius 3 is 2.78 bits per heavy atom. The van der Waals surface area contributed by atoms with Crippen molar-refractivity contribution in [1.29, 1.82) is 0 Å². The maximum Gasteiger partial charge on any atom is 0.279 e. The van der Waals surface area contributed by atoms with Crippen molar-refractivity contribution >= 4 is 55.0 Å². The van der Waals surface area contributed by atoms with Crippen LogP contribution in [0.3, 0.4) is 0 Å². The molecule has 32 heavy (non-hydrogen) atoms. The van der Waals surface area contributed by atoms with E-state index >= 15 is 0 Å². The van der Waals surface area contributed by atoms with E-state index in [1.54, 1.807) is 13.0 Å². The number of amides is 2. The van der Waals surface area contributed by atoms with E-state index in [-0.39, 0.29) is 24.1 Å². The first-order valence-corrected chi connectivity index (χ1v) is 11.7. The number of aryl methyl sites for hydroxylation is 2. The lowest BCUT2D eigenvalue weighted by molar-refractivity contribution is -0.117. The molecule has 9 nitrogen and oxygen atoms in total. The van der Waals surface area contributed by atoms with E-state index in [2.05, 4.69) is 36.7 Å². The molecule has 1 aliphatic rings. The summed E-state index contributed by atoms with van der Waals surface area (Å²) in [6.45, 7) is 5.37. The van der Waals surface area contributed by atoms with Crippen LogP contribution in [0, 0.1) is 13.8 Å². The number of carbonyl (C=O) groups excluding carboxylic acids is 2. The minimum Gasteiger partial charge on any atom is -0.361 e. The maximum absolute atomic E-state index is 12.6. The molecule has 0 unspecified atom stereocenters. The normalized spacial score (nSPS) is 13.8. The van der Waals surface area contributed by atoms with Gasteiger partial charge in [0, 0.05) is 30.5 Å². The molecule has 0 aliphatic carbocycles. The van der Waals surface area contributed by atoms with Gasteiger partial charge in [0.15, 0.2) is 16.0 Å². The van der Waals surface area contributed by atoms with Gasteiger partial charge in [-0.3, -0.25) is 19.8 Å². The summed E-state index contributed by atoms with van der Waals surface area (Å²) < 4.78 is 6.00. The largest absolute Gasteiger partial charge is 0.361 e. The van der Waals surface area contributed by atoms with E-state index in [4.69, 9.17) is 4.52 Å². The molecule has 0 saturated heterocycles. The van der Waals surface area contributed by atoms with E-state index in [0.717, 1.165) is 33.8 Å². The maximum atomic E-state index is 12.6. The van der Waals surface area contributed by atoms with E-state index in [1.165, 1.54) is 28.2 Å². The summed E-state index contributed by atoms with van der Waals surface area (Å²) in [6, 6.07) is 7.62. The number of fused-ring (bicyclic) bond motifs is 2. The Morgan fingerprint density at radius 2 is 1.97 bits per heavy atom. The molecule has 11 heteroatoms. The van der Waals surface area contributed by atoms with Crippen molar-refractivity contribution in [3.05, 3.63) is 51.9 Å². The Bertz CT molecular complexity index is 1320. The average Bonchev–Trinajstić information content (AvgIpc) is 3.44. The highest BCUT2D eigenvalue weighted by molar-refractivity contribution is 7.22. The first-order chi connectivity index (χ1) is 15.4. The number of benzene rings is 1. The summed E-state index contributed by atoms with van der Waals surface area (Å²) in [5, 5.41) is 10.5. The van der Waals surface area contributed by atoms with Crippen LogP contribution in [0.2, 0.25) is 0 Å². The van der Waals surface area contributed by atoms with Gasteiger partial charge in [0.25, 0.3) is 5.91 Å². The van der Waals surface area contributed by atoms with Crippen molar-refractivity contribution in [3.8, 4) is 0 Å². The summed E-state index contributed by atoms with van der Waals surface area (Å²) in [4.78, 5) is 37.0. The van der Waals surface area contributed by atoms with Gasteiger partial charge in [0.05, 0.1) is 22.5 Å². The predicted octanol–water partition coefficient (Wildman–Crippen LogP) is 3.61. The van der Waals surface area contributed by atoms with Crippen LogP contribution >= 0.6 is 22.7 Å². The average molecular weight is 469 g/mol. The fourth-order valence-corrected chi connectivity index (χ4v) is 5.54. The number of nitrogens with one attached hydrogen (secondary N) is 2. The topological polar surface area (TPSA) is 113 Å². The SMILES string of the molecule is Cc1ccc2nc(NC(=O)CN3CCc4nc(NC(=O)c5cc(C)on5)sc4C3)sc2c1. The molecular formula is C21H20N6O3S2. The molecule has 2 N–H and O–H groups in total. The van der Waals surface area contributed by atoms with Gasteiger partial charge in [-0.15, -0.1) is 11.3 Å². The van der Waals surface area contributed by atoms with Crippen LogP contribution in [0.5, 0.6) is 0 Å². The summed E-state index contributed by atoms with van der Waals surface area (Å²) in [5.41, 5.74) is 3.23. The summed E-state index contributed by atoms with van der Waals surface area (Å²) >= 11 is 2.90. The van der Waals surface area contributed by atoms with Gasteiger partial charge in [0.2, 0.25) is 5.91 Å². The first-order valence-electron chi connectivity index (χ1n) is 10.1. The number of hydrogen-bond acceptors (Lipinski definition) is 9. The molecule has 0 bridgehead atoms. The number of anilines is 2. The van der Waals surface area contributed by atoms with Gasteiger partial charge in [-0.05, 0) is 31.5 Å². The van der Waals surface area contributed by atoms with E-state index in [9.17, 15) is 9.59 Å². The Balaban J connectivity index is 1.19.